The first-order chi connectivity index (χ1) is 15.2. The maximum absolute atomic E-state index is 5.54. The van der Waals surface area contributed by atoms with Crippen molar-refractivity contribution < 1.29 is 0 Å². The molecule has 3 heterocycles. The van der Waals surface area contributed by atoms with Gasteiger partial charge in [-0.3, -0.25) is 0 Å². The Balaban J connectivity index is 1.39. The van der Waals surface area contributed by atoms with Gasteiger partial charge in [0, 0.05) is 38.3 Å². The fourth-order valence-electron chi connectivity index (χ4n) is 4.46. The van der Waals surface area contributed by atoms with Crippen LogP contribution in [0.1, 0.15) is 51.0 Å². The Labute approximate surface area is 191 Å². The standard InChI is InChI=1S/C24H34N6S/c1-19-10-5-6-17-30(19)22-18-21(29-15-7-8-16-29)26-23(27-22)28-24(31)25-14-9-13-20-11-3-2-4-12-20/h2-4,11-12,18-19H,5-10,13-17H2,1H3,(H2,25,26,27,28,31)/t19-/m0/s1. The lowest BCUT2D eigenvalue weighted by molar-refractivity contribution is 0.481. The second-order valence-corrected chi connectivity index (χ2v) is 9.02. The molecule has 0 bridgehead atoms. The van der Waals surface area contributed by atoms with Crippen molar-refractivity contribution in [2.24, 2.45) is 0 Å². The average Bonchev–Trinajstić information content (AvgIpc) is 3.33. The highest BCUT2D eigenvalue weighted by Crippen LogP contribution is 2.28. The number of benzene rings is 1. The molecule has 0 unspecified atom stereocenters. The second-order valence-electron chi connectivity index (χ2n) is 8.61. The molecule has 0 radical (unpaired) electrons. The molecule has 0 amide bonds. The zero-order valence-electron chi connectivity index (χ0n) is 18.5. The van der Waals surface area contributed by atoms with Gasteiger partial charge in [-0.15, -0.1) is 0 Å². The Kier molecular flexibility index (Phi) is 7.57. The quantitative estimate of drug-likeness (QED) is 0.492. The van der Waals surface area contributed by atoms with Gasteiger partial charge in [0.2, 0.25) is 5.95 Å². The molecule has 0 saturated carbocycles. The average molecular weight is 439 g/mol. The van der Waals surface area contributed by atoms with Gasteiger partial charge in [0.15, 0.2) is 5.11 Å². The smallest absolute Gasteiger partial charge is 0.232 e. The number of anilines is 3. The summed E-state index contributed by atoms with van der Waals surface area (Å²) in [4.78, 5) is 14.4. The van der Waals surface area contributed by atoms with Crippen LogP contribution < -0.4 is 20.4 Å². The van der Waals surface area contributed by atoms with E-state index in [0.717, 1.165) is 50.7 Å². The molecule has 2 aromatic rings. The van der Waals surface area contributed by atoms with Crippen LogP contribution in [0.2, 0.25) is 0 Å². The number of nitrogens with zero attached hydrogens (tertiary/aromatic N) is 4. The van der Waals surface area contributed by atoms with Crippen molar-refractivity contribution in [1.29, 1.82) is 0 Å². The first-order valence-electron chi connectivity index (χ1n) is 11.7. The van der Waals surface area contributed by atoms with Gasteiger partial charge < -0.3 is 20.4 Å². The van der Waals surface area contributed by atoms with Gasteiger partial charge in [-0.25, -0.2) is 0 Å². The third-order valence-corrected chi connectivity index (χ3v) is 6.47. The third kappa shape index (κ3) is 6.06. The van der Waals surface area contributed by atoms with E-state index in [1.54, 1.807) is 0 Å². The molecule has 2 saturated heterocycles. The topological polar surface area (TPSA) is 56.3 Å². The molecule has 0 aliphatic carbocycles. The molecule has 2 aliphatic rings. The molecular weight excluding hydrogens is 404 g/mol. The highest BCUT2D eigenvalue weighted by atomic mass is 32.1. The predicted molar refractivity (Wildman–Crippen MR) is 133 cm³/mol. The summed E-state index contributed by atoms with van der Waals surface area (Å²) < 4.78 is 0. The summed E-state index contributed by atoms with van der Waals surface area (Å²) in [5, 5.41) is 7.14. The van der Waals surface area contributed by atoms with E-state index in [1.807, 2.05) is 0 Å². The largest absolute Gasteiger partial charge is 0.362 e. The molecule has 0 spiro atoms. The van der Waals surface area contributed by atoms with E-state index < -0.39 is 0 Å². The molecule has 7 heteroatoms. The van der Waals surface area contributed by atoms with Crippen LogP contribution in [0.25, 0.3) is 0 Å². The van der Waals surface area contributed by atoms with Crippen molar-refractivity contribution in [3.63, 3.8) is 0 Å². The number of nitrogens with one attached hydrogen (secondary N) is 2. The summed E-state index contributed by atoms with van der Waals surface area (Å²) in [6, 6.07) is 13.2. The summed E-state index contributed by atoms with van der Waals surface area (Å²) in [6.45, 7) is 6.30. The van der Waals surface area contributed by atoms with Crippen molar-refractivity contribution in [1.82, 2.24) is 15.3 Å². The van der Waals surface area contributed by atoms with Crippen molar-refractivity contribution in [2.75, 3.05) is 41.3 Å². The van der Waals surface area contributed by atoms with Crippen LogP contribution >= 0.6 is 12.2 Å². The van der Waals surface area contributed by atoms with E-state index in [2.05, 4.69) is 63.8 Å². The van der Waals surface area contributed by atoms with Gasteiger partial charge in [-0.05, 0) is 69.7 Å². The normalized spacial score (nSPS) is 18.8. The van der Waals surface area contributed by atoms with E-state index in [-0.39, 0.29) is 0 Å². The molecule has 6 nitrogen and oxygen atoms in total. The van der Waals surface area contributed by atoms with Crippen LogP contribution in [0.3, 0.4) is 0 Å². The van der Waals surface area contributed by atoms with E-state index in [9.17, 15) is 0 Å². The minimum atomic E-state index is 0.506. The third-order valence-electron chi connectivity index (χ3n) is 6.22. The molecular formula is C24H34N6S. The number of piperidine rings is 1. The molecule has 1 aromatic heterocycles. The summed E-state index contributed by atoms with van der Waals surface area (Å²) in [7, 11) is 0. The van der Waals surface area contributed by atoms with Crippen LogP contribution in [-0.2, 0) is 6.42 Å². The Morgan fingerprint density at radius 2 is 1.77 bits per heavy atom. The predicted octanol–water partition coefficient (Wildman–Crippen LogP) is 4.37. The van der Waals surface area contributed by atoms with Crippen LogP contribution in [0.4, 0.5) is 17.6 Å². The highest BCUT2D eigenvalue weighted by Gasteiger charge is 2.23. The lowest BCUT2D eigenvalue weighted by Crippen LogP contribution is -2.38. The van der Waals surface area contributed by atoms with Crippen molar-refractivity contribution in [2.45, 2.75) is 57.9 Å². The highest BCUT2D eigenvalue weighted by molar-refractivity contribution is 7.80. The first kappa shape index (κ1) is 21.8. The number of aromatic nitrogens is 2. The van der Waals surface area contributed by atoms with Gasteiger partial charge in [-0.2, -0.15) is 9.97 Å². The fourth-order valence-corrected chi connectivity index (χ4v) is 4.65. The van der Waals surface area contributed by atoms with Crippen LogP contribution in [0, 0.1) is 0 Å². The number of hydrogen-bond donors (Lipinski definition) is 2. The monoisotopic (exact) mass is 438 g/mol. The Bertz CT molecular complexity index is 852. The van der Waals surface area contributed by atoms with E-state index in [1.165, 1.54) is 37.7 Å². The van der Waals surface area contributed by atoms with E-state index in [0.29, 0.717) is 17.1 Å². The van der Waals surface area contributed by atoms with Gasteiger partial charge >= 0.3 is 0 Å². The molecule has 2 fully saturated rings. The zero-order chi connectivity index (χ0) is 21.5. The first-order valence-corrected chi connectivity index (χ1v) is 12.1. The Hall–Kier alpha value is -2.41. The van der Waals surface area contributed by atoms with Crippen LogP contribution in [0.15, 0.2) is 36.4 Å². The Morgan fingerprint density at radius 1 is 1.03 bits per heavy atom. The molecule has 2 N–H and O–H groups in total. The molecule has 1 atom stereocenters. The van der Waals surface area contributed by atoms with Crippen molar-refractivity contribution >= 4 is 34.9 Å². The van der Waals surface area contributed by atoms with Gasteiger partial charge in [0.25, 0.3) is 0 Å². The van der Waals surface area contributed by atoms with Crippen molar-refractivity contribution in [3.8, 4) is 0 Å². The summed E-state index contributed by atoms with van der Waals surface area (Å²) in [6.07, 6.45) is 8.24. The minimum Gasteiger partial charge on any atom is -0.362 e. The number of hydrogen-bond acceptors (Lipinski definition) is 5. The Morgan fingerprint density at radius 3 is 2.55 bits per heavy atom. The van der Waals surface area contributed by atoms with E-state index >= 15 is 0 Å². The number of aryl methyl sites for hydroxylation is 1. The summed E-state index contributed by atoms with van der Waals surface area (Å²) in [5.41, 5.74) is 1.35. The molecule has 1 aromatic carbocycles. The lowest BCUT2D eigenvalue weighted by Gasteiger charge is -2.35. The maximum Gasteiger partial charge on any atom is 0.232 e. The number of thiocarbonyl (C=S) groups is 1. The fraction of sp³-hybridized carbons (Fsp3) is 0.542. The van der Waals surface area contributed by atoms with Gasteiger partial charge in [0.05, 0.1) is 0 Å². The lowest BCUT2D eigenvalue weighted by atomic mass is 10.0. The molecule has 166 valence electrons. The molecule has 2 aliphatic heterocycles. The summed E-state index contributed by atoms with van der Waals surface area (Å²) >= 11 is 5.54. The summed E-state index contributed by atoms with van der Waals surface area (Å²) in [5.74, 6) is 2.62. The maximum atomic E-state index is 5.54. The van der Waals surface area contributed by atoms with Crippen LogP contribution in [0.5, 0.6) is 0 Å². The zero-order valence-corrected chi connectivity index (χ0v) is 19.3. The van der Waals surface area contributed by atoms with Gasteiger partial charge in [0.1, 0.15) is 11.6 Å². The number of rotatable bonds is 7. The van der Waals surface area contributed by atoms with Gasteiger partial charge in [-0.1, -0.05) is 30.3 Å². The SMILES string of the molecule is C[C@H]1CCCCN1c1cc(N2CCCC2)nc(NC(=S)NCCCc2ccccc2)n1. The molecule has 31 heavy (non-hydrogen) atoms. The minimum absolute atomic E-state index is 0.506. The molecule has 4 rings (SSSR count). The van der Waals surface area contributed by atoms with Crippen LogP contribution in [-0.4, -0.2) is 47.3 Å². The van der Waals surface area contributed by atoms with E-state index in [4.69, 9.17) is 22.2 Å². The second kappa shape index (κ2) is 10.8. The van der Waals surface area contributed by atoms with Crippen molar-refractivity contribution in [3.05, 3.63) is 42.0 Å².